The normalized spacial score (nSPS) is 11.6. The molecule has 0 aliphatic carbocycles. The van der Waals surface area contributed by atoms with Crippen molar-refractivity contribution in [2.45, 2.75) is 19.4 Å². The lowest BCUT2D eigenvalue weighted by Crippen LogP contribution is -2.38. The van der Waals surface area contributed by atoms with Crippen LogP contribution in [-0.4, -0.2) is 41.5 Å². The minimum Gasteiger partial charge on any atom is -0.393 e. The van der Waals surface area contributed by atoms with Gasteiger partial charge in [-0.3, -0.25) is 9.59 Å². The van der Waals surface area contributed by atoms with Crippen LogP contribution < -0.4 is 5.32 Å². The number of para-hydroxylation sites is 1. The number of rotatable bonds is 5. The molecular weight excluding hydrogens is 304 g/mol. The SMILES string of the molecule is CC(O)CCN(C)C(=O)C(=O)Nc1ccccc1-c1ccccc1. The third kappa shape index (κ3) is 4.67. The van der Waals surface area contributed by atoms with Gasteiger partial charge < -0.3 is 15.3 Å². The summed E-state index contributed by atoms with van der Waals surface area (Å²) in [5.41, 5.74) is 2.40. The number of aliphatic hydroxyl groups excluding tert-OH is 1. The summed E-state index contributed by atoms with van der Waals surface area (Å²) in [6.45, 7) is 1.97. The molecule has 0 fully saturated rings. The molecule has 2 aromatic rings. The van der Waals surface area contributed by atoms with Crippen molar-refractivity contribution in [3.63, 3.8) is 0 Å². The number of nitrogens with zero attached hydrogens (tertiary/aromatic N) is 1. The lowest BCUT2D eigenvalue weighted by Gasteiger charge is -2.18. The van der Waals surface area contributed by atoms with Crippen molar-refractivity contribution in [3.8, 4) is 11.1 Å². The van der Waals surface area contributed by atoms with E-state index in [2.05, 4.69) is 5.32 Å². The highest BCUT2D eigenvalue weighted by atomic mass is 16.3. The Labute approximate surface area is 141 Å². The molecule has 0 aliphatic heterocycles. The number of anilines is 1. The van der Waals surface area contributed by atoms with Gasteiger partial charge in [-0.25, -0.2) is 0 Å². The second kappa shape index (κ2) is 8.26. The van der Waals surface area contributed by atoms with Gasteiger partial charge in [-0.2, -0.15) is 0 Å². The molecule has 126 valence electrons. The molecule has 0 radical (unpaired) electrons. The van der Waals surface area contributed by atoms with Gasteiger partial charge in [-0.05, 0) is 25.0 Å². The number of likely N-dealkylation sites (N-methyl/N-ethyl adjacent to an activating group) is 1. The van der Waals surface area contributed by atoms with Gasteiger partial charge in [0.05, 0.1) is 6.10 Å². The fourth-order valence-electron chi connectivity index (χ4n) is 2.29. The summed E-state index contributed by atoms with van der Waals surface area (Å²) in [5, 5.41) is 12.0. The zero-order valence-electron chi connectivity index (χ0n) is 13.9. The molecule has 0 spiro atoms. The van der Waals surface area contributed by atoms with E-state index in [1.807, 2.05) is 48.5 Å². The van der Waals surface area contributed by atoms with Crippen LogP contribution in [0.25, 0.3) is 11.1 Å². The van der Waals surface area contributed by atoms with Crippen molar-refractivity contribution in [3.05, 3.63) is 54.6 Å². The largest absolute Gasteiger partial charge is 0.393 e. The average molecular weight is 326 g/mol. The summed E-state index contributed by atoms with van der Waals surface area (Å²) in [5.74, 6) is -1.31. The van der Waals surface area contributed by atoms with Gasteiger partial charge in [-0.1, -0.05) is 48.5 Å². The first-order valence-electron chi connectivity index (χ1n) is 7.88. The molecule has 0 aliphatic rings. The molecule has 1 unspecified atom stereocenters. The monoisotopic (exact) mass is 326 g/mol. The Hall–Kier alpha value is -2.66. The summed E-state index contributed by atoms with van der Waals surface area (Å²) < 4.78 is 0. The van der Waals surface area contributed by atoms with E-state index in [1.165, 1.54) is 4.90 Å². The maximum atomic E-state index is 12.2. The lowest BCUT2D eigenvalue weighted by molar-refractivity contribution is -0.142. The van der Waals surface area contributed by atoms with Gasteiger partial charge >= 0.3 is 11.8 Å². The van der Waals surface area contributed by atoms with Crippen LogP contribution in [0.1, 0.15) is 13.3 Å². The van der Waals surface area contributed by atoms with Gasteiger partial charge in [0.1, 0.15) is 0 Å². The smallest absolute Gasteiger partial charge is 0.313 e. The summed E-state index contributed by atoms with van der Waals surface area (Å²) in [4.78, 5) is 25.7. The number of nitrogens with one attached hydrogen (secondary N) is 1. The second-order valence-electron chi connectivity index (χ2n) is 5.73. The van der Waals surface area contributed by atoms with Crippen LogP contribution in [0.4, 0.5) is 5.69 Å². The third-order valence-electron chi connectivity index (χ3n) is 3.68. The molecule has 1 atom stereocenters. The molecule has 0 bridgehead atoms. The third-order valence-corrected chi connectivity index (χ3v) is 3.68. The zero-order chi connectivity index (χ0) is 17.5. The van der Waals surface area contributed by atoms with Crippen LogP contribution in [0.5, 0.6) is 0 Å². The topological polar surface area (TPSA) is 69.6 Å². The first kappa shape index (κ1) is 17.7. The van der Waals surface area contributed by atoms with E-state index < -0.39 is 17.9 Å². The number of carbonyl (C=O) groups excluding carboxylic acids is 2. The molecule has 5 nitrogen and oxygen atoms in total. The number of hydrogen-bond acceptors (Lipinski definition) is 3. The van der Waals surface area contributed by atoms with Crippen LogP contribution in [-0.2, 0) is 9.59 Å². The van der Waals surface area contributed by atoms with Crippen LogP contribution in [0.3, 0.4) is 0 Å². The predicted octanol–water partition coefficient (Wildman–Crippen LogP) is 2.52. The van der Waals surface area contributed by atoms with Crippen molar-refractivity contribution in [2.75, 3.05) is 18.9 Å². The van der Waals surface area contributed by atoms with Crippen LogP contribution in [0, 0.1) is 0 Å². The first-order valence-corrected chi connectivity index (χ1v) is 7.88. The van der Waals surface area contributed by atoms with Crippen LogP contribution in [0.2, 0.25) is 0 Å². The van der Waals surface area contributed by atoms with Crippen LogP contribution >= 0.6 is 0 Å². The Morgan fingerprint density at radius 3 is 2.38 bits per heavy atom. The molecule has 0 saturated carbocycles. The van der Waals surface area contributed by atoms with E-state index in [0.717, 1.165) is 11.1 Å². The Morgan fingerprint density at radius 1 is 1.08 bits per heavy atom. The van der Waals surface area contributed by atoms with Crippen molar-refractivity contribution < 1.29 is 14.7 Å². The number of amides is 2. The molecule has 0 aromatic heterocycles. The van der Waals surface area contributed by atoms with Crippen molar-refractivity contribution >= 4 is 17.5 Å². The Bertz CT molecular complexity index is 699. The van der Waals surface area contributed by atoms with Crippen LogP contribution in [0.15, 0.2) is 54.6 Å². The van der Waals surface area contributed by atoms with Gasteiger partial charge in [-0.15, -0.1) is 0 Å². The highest BCUT2D eigenvalue weighted by molar-refractivity contribution is 6.39. The summed E-state index contributed by atoms with van der Waals surface area (Å²) >= 11 is 0. The molecule has 0 saturated heterocycles. The maximum absolute atomic E-state index is 12.2. The fraction of sp³-hybridized carbons (Fsp3) is 0.263. The minimum atomic E-state index is -0.688. The van der Waals surface area contributed by atoms with E-state index in [9.17, 15) is 14.7 Å². The summed E-state index contributed by atoms with van der Waals surface area (Å²) in [6.07, 6.45) is -0.0852. The van der Waals surface area contributed by atoms with E-state index in [4.69, 9.17) is 0 Å². The quantitative estimate of drug-likeness (QED) is 0.830. The fourth-order valence-corrected chi connectivity index (χ4v) is 2.29. The average Bonchev–Trinajstić information content (AvgIpc) is 2.60. The first-order chi connectivity index (χ1) is 11.5. The van der Waals surface area contributed by atoms with Crippen molar-refractivity contribution in [2.24, 2.45) is 0 Å². The number of aliphatic hydroxyl groups is 1. The molecule has 5 heteroatoms. The lowest BCUT2D eigenvalue weighted by atomic mass is 10.0. The number of benzene rings is 2. The standard InChI is InChI=1S/C19H22N2O3/c1-14(22)12-13-21(2)19(24)18(23)20-17-11-7-6-10-16(17)15-8-4-3-5-9-15/h3-11,14,22H,12-13H2,1-2H3,(H,20,23). The number of hydrogen-bond donors (Lipinski definition) is 2. The molecule has 24 heavy (non-hydrogen) atoms. The van der Waals surface area contributed by atoms with Crippen molar-refractivity contribution in [1.82, 2.24) is 4.90 Å². The highest BCUT2D eigenvalue weighted by Crippen LogP contribution is 2.27. The Balaban J connectivity index is 2.11. The summed E-state index contributed by atoms with van der Waals surface area (Å²) in [6, 6.07) is 17.0. The van der Waals surface area contributed by atoms with E-state index in [1.54, 1.807) is 20.0 Å². The molecule has 2 rings (SSSR count). The van der Waals surface area contributed by atoms with E-state index in [-0.39, 0.29) is 0 Å². The second-order valence-corrected chi connectivity index (χ2v) is 5.73. The molecule has 2 N–H and O–H groups in total. The molecular formula is C19H22N2O3. The molecule has 0 heterocycles. The van der Waals surface area contributed by atoms with Crippen molar-refractivity contribution in [1.29, 1.82) is 0 Å². The minimum absolute atomic E-state index is 0.324. The molecule has 2 amide bonds. The van der Waals surface area contributed by atoms with Gasteiger partial charge in [0, 0.05) is 24.8 Å². The summed E-state index contributed by atoms with van der Waals surface area (Å²) in [7, 11) is 1.55. The van der Waals surface area contributed by atoms with E-state index >= 15 is 0 Å². The molecule has 2 aromatic carbocycles. The zero-order valence-corrected chi connectivity index (χ0v) is 13.9. The highest BCUT2D eigenvalue weighted by Gasteiger charge is 2.20. The maximum Gasteiger partial charge on any atom is 0.313 e. The van der Waals surface area contributed by atoms with Gasteiger partial charge in [0.15, 0.2) is 0 Å². The Morgan fingerprint density at radius 2 is 1.71 bits per heavy atom. The Kier molecular flexibility index (Phi) is 6.09. The van der Waals surface area contributed by atoms with E-state index in [0.29, 0.717) is 18.7 Å². The van der Waals surface area contributed by atoms with Gasteiger partial charge in [0.25, 0.3) is 0 Å². The van der Waals surface area contributed by atoms with Gasteiger partial charge in [0.2, 0.25) is 0 Å². The number of carbonyl (C=O) groups is 2. The predicted molar refractivity (Wildman–Crippen MR) is 94.4 cm³/mol.